The standard InChI is InChI=1S/C13H13NO2/c15-10-3-4-13-12(7-10)9(8-14-13)6-11-2-1-5-16-11/h2-4,7-8,14-15H,1,5-6H2. The maximum absolute atomic E-state index is 9.47. The van der Waals surface area contributed by atoms with Crippen molar-refractivity contribution in [2.24, 2.45) is 0 Å². The van der Waals surface area contributed by atoms with Crippen LogP contribution in [0, 0.1) is 0 Å². The van der Waals surface area contributed by atoms with Crippen LogP contribution in [-0.2, 0) is 11.2 Å². The Labute approximate surface area is 93.4 Å². The number of fused-ring (bicyclic) bond motifs is 1. The molecule has 82 valence electrons. The fourth-order valence-electron chi connectivity index (χ4n) is 2.09. The van der Waals surface area contributed by atoms with Crippen LogP contribution in [-0.4, -0.2) is 16.7 Å². The third-order valence-electron chi connectivity index (χ3n) is 2.89. The molecule has 2 aromatic rings. The van der Waals surface area contributed by atoms with Gasteiger partial charge in [0.15, 0.2) is 0 Å². The Bertz CT molecular complexity index is 554. The molecule has 1 aliphatic rings. The summed E-state index contributed by atoms with van der Waals surface area (Å²) >= 11 is 0. The van der Waals surface area contributed by atoms with Crippen LogP contribution in [0.2, 0.25) is 0 Å². The molecule has 1 aliphatic heterocycles. The first kappa shape index (κ1) is 9.33. The maximum Gasteiger partial charge on any atom is 0.116 e. The fourth-order valence-corrected chi connectivity index (χ4v) is 2.09. The molecule has 2 N–H and O–H groups in total. The van der Waals surface area contributed by atoms with E-state index in [4.69, 9.17) is 4.74 Å². The number of phenolic OH excluding ortho intramolecular Hbond substituents is 1. The van der Waals surface area contributed by atoms with Gasteiger partial charge in [-0.3, -0.25) is 0 Å². The van der Waals surface area contributed by atoms with Gasteiger partial charge in [-0.15, -0.1) is 0 Å². The number of hydrogen-bond acceptors (Lipinski definition) is 2. The van der Waals surface area contributed by atoms with E-state index in [2.05, 4.69) is 11.1 Å². The minimum absolute atomic E-state index is 0.301. The van der Waals surface area contributed by atoms with Gasteiger partial charge in [0, 0.05) is 29.9 Å². The molecule has 0 aliphatic carbocycles. The number of H-pyrrole nitrogens is 1. The molecule has 3 rings (SSSR count). The molecule has 0 saturated carbocycles. The summed E-state index contributed by atoms with van der Waals surface area (Å²) in [7, 11) is 0. The second kappa shape index (κ2) is 3.59. The molecule has 0 unspecified atom stereocenters. The molecule has 0 spiro atoms. The highest BCUT2D eigenvalue weighted by Crippen LogP contribution is 2.26. The van der Waals surface area contributed by atoms with E-state index in [1.165, 1.54) is 5.56 Å². The summed E-state index contributed by atoms with van der Waals surface area (Å²) in [4.78, 5) is 3.20. The number of ether oxygens (including phenoxy) is 1. The Morgan fingerprint density at radius 3 is 3.12 bits per heavy atom. The lowest BCUT2D eigenvalue weighted by Crippen LogP contribution is -1.90. The monoisotopic (exact) mass is 215 g/mol. The summed E-state index contributed by atoms with van der Waals surface area (Å²) < 4.78 is 5.49. The highest BCUT2D eigenvalue weighted by Gasteiger charge is 2.10. The van der Waals surface area contributed by atoms with Crippen molar-refractivity contribution >= 4 is 10.9 Å². The second-order valence-electron chi connectivity index (χ2n) is 4.03. The van der Waals surface area contributed by atoms with Crippen LogP contribution >= 0.6 is 0 Å². The number of aromatic hydroxyl groups is 1. The fraction of sp³-hybridized carbons (Fsp3) is 0.231. The number of benzene rings is 1. The zero-order valence-electron chi connectivity index (χ0n) is 8.86. The summed E-state index contributed by atoms with van der Waals surface area (Å²) in [5.74, 6) is 1.33. The number of phenols is 1. The normalized spacial score (nSPS) is 15.1. The summed E-state index contributed by atoms with van der Waals surface area (Å²) in [5, 5.41) is 10.5. The van der Waals surface area contributed by atoms with Gasteiger partial charge in [0.05, 0.1) is 12.4 Å². The van der Waals surface area contributed by atoms with Crippen molar-refractivity contribution in [3.8, 4) is 5.75 Å². The van der Waals surface area contributed by atoms with Crippen molar-refractivity contribution < 1.29 is 9.84 Å². The van der Waals surface area contributed by atoms with Crippen LogP contribution in [0.25, 0.3) is 10.9 Å². The molecule has 1 aromatic heterocycles. The SMILES string of the molecule is Oc1ccc2[nH]cc(CC3=CCCO3)c2c1. The Hall–Kier alpha value is -1.90. The van der Waals surface area contributed by atoms with Crippen LogP contribution in [0.5, 0.6) is 5.75 Å². The Balaban J connectivity index is 1.99. The minimum Gasteiger partial charge on any atom is -0.508 e. The van der Waals surface area contributed by atoms with Crippen molar-refractivity contribution in [3.05, 3.63) is 41.8 Å². The smallest absolute Gasteiger partial charge is 0.116 e. The van der Waals surface area contributed by atoms with Gasteiger partial charge in [0.25, 0.3) is 0 Å². The van der Waals surface area contributed by atoms with Crippen LogP contribution in [0.4, 0.5) is 0 Å². The molecular weight excluding hydrogens is 202 g/mol. The summed E-state index contributed by atoms with van der Waals surface area (Å²) in [6, 6.07) is 5.36. The van der Waals surface area contributed by atoms with Gasteiger partial charge < -0.3 is 14.8 Å². The minimum atomic E-state index is 0.301. The highest BCUT2D eigenvalue weighted by molar-refractivity contribution is 5.84. The predicted octanol–water partition coefficient (Wildman–Crippen LogP) is 2.72. The number of rotatable bonds is 2. The third kappa shape index (κ3) is 1.54. The zero-order chi connectivity index (χ0) is 11.0. The van der Waals surface area contributed by atoms with E-state index in [1.54, 1.807) is 12.1 Å². The van der Waals surface area contributed by atoms with Crippen LogP contribution < -0.4 is 0 Å². The van der Waals surface area contributed by atoms with E-state index in [1.807, 2.05) is 12.3 Å². The molecule has 1 aromatic carbocycles. The quantitative estimate of drug-likeness (QED) is 0.809. The molecule has 3 heteroatoms. The largest absolute Gasteiger partial charge is 0.508 e. The maximum atomic E-state index is 9.47. The van der Waals surface area contributed by atoms with E-state index in [9.17, 15) is 5.11 Å². The second-order valence-corrected chi connectivity index (χ2v) is 4.03. The van der Waals surface area contributed by atoms with Gasteiger partial charge in [-0.25, -0.2) is 0 Å². The molecule has 0 fully saturated rings. The first-order valence-electron chi connectivity index (χ1n) is 5.44. The topological polar surface area (TPSA) is 45.2 Å². The van der Waals surface area contributed by atoms with Crippen molar-refractivity contribution in [2.75, 3.05) is 6.61 Å². The first-order valence-corrected chi connectivity index (χ1v) is 5.44. The van der Waals surface area contributed by atoms with Gasteiger partial charge >= 0.3 is 0 Å². The van der Waals surface area contributed by atoms with Gasteiger partial charge in [-0.2, -0.15) is 0 Å². The van der Waals surface area contributed by atoms with E-state index in [0.29, 0.717) is 5.75 Å². The molecule has 0 radical (unpaired) electrons. The van der Waals surface area contributed by atoms with Gasteiger partial charge in [-0.1, -0.05) is 0 Å². The lowest BCUT2D eigenvalue weighted by Gasteiger charge is -2.02. The average molecular weight is 215 g/mol. The van der Waals surface area contributed by atoms with Crippen LogP contribution in [0.1, 0.15) is 12.0 Å². The van der Waals surface area contributed by atoms with Crippen LogP contribution in [0.3, 0.4) is 0 Å². The number of nitrogens with one attached hydrogen (secondary N) is 1. The molecular formula is C13H13NO2. The van der Waals surface area contributed by atoms with E-state index < -0.39 is 0 Å². The molecule has 2 heterocycles. The Morgan fingerprint density at radius 1 is 1.38 bits per heavy atom. The third-order valence-corrected chi connectivity index (χ3v) is 2.89. The summed E-state index contributed by atoms with van der Waals surface area (Å²) in [6.07, 6.45) is 5.90. The van der Waals surface area contributed by atoms with Gasteiger partial charge in [0.1, 0.15) is 5.75 Å². The lowest BCUT2D eigenvalue weighted by molar-refractivity contribution is 0.239. The number of allylic oxidation sites excluding steroid dienone is 1. The highest BCUT2D eigenvalue weighted by atomic mass is 16.5. The van der Waals surface area contributed by atoms with Gasteiger partial charge in [0.2, 0.25) is 0 Å². The molecule has 16 heavy (non-hydrogen) atoms. The predicted molar refractivity (Wildman–Crippen MR) is 62.3 cm³/mol. The summed E-state index contributed by atoms with van der Waals surface area (Å²) in [5.41, 5.74) is 2.21. The van der Waals surface area contributed by atoms with Crippen molar-refractivity contribution in [1.82, 2.24) is 4.98 Å². The van der Waals surface area contributed by atoms with Crippen molar-refractivity contribution in [2.45, 2.75) is 12.8 Å². The molecule has 0 atom stereocenters. The van der Waals surface area contributed by atoms with Crippen molar-refractivity contribution in [1.29, 1.82) is 0 Å². The molecule has 3 nitrogen and oxygen atoms in total. The molecule has 0 amide bonds. The summed E-state index contributed by atoms with van der Waals surface area (Å²) in [6.45, 7) is 0.795. The van der Waals surface area contributed by atoms with Crippen LogP contribution in [0.15, 0.2) is 36.2 Å². The number of aromatic amines is 1. The van der Waals surface area contributed by atoms with E-state index in [0.717, 1.165) is 36.1 Å². The molecule has 0 saturated heterocycles. The zero-order valence-corrected chi connectivity index (χ0v) is 8.86. The van der Waals surface area contributed by atoms with Gasteiger partial charge in [-0.05, 0) is 29.8 Å². The van der Waals surface area contributed by atoms with E-state index in [-0.39, 0.29) is 0 Å². The van der Waals surface area contributed by atoms with Crippen molar-refractivity contribution in [3.63, 3.8) is 0 Å². The molecule has 0 bridgehead atoms. The Kier molecular flexibility index (Phi) is 2.10. The number of aromatic nitrogens is 1. The number of hydrogen-bond donors (Lipinski definition) is 2. The Morgan fingerprint density at radius 2 is 2.31 bits per heavy atom. The van der Waals surface area contributed by atoms with E-state index >= 15 is 0 Å². The average Bonchev–Trinajstić information content (AvgIpc) is 2.90. The lowest BCUT2D eigenvalue weighted by atomic mass is 10.1. The first-order chi connectivity index (χ1) is 7.83.